The monoisotopic (exact) mass is 570 g/mol. The first-order valence-electron chi connectivity index (χ1n) is 14.5. The van der Waals surface area contributed by atoms with E-state index in [-0.39, 0.29) is 5.91 Å². The molecule has 0 aliphatic carbocycles. The molecule has 0 saturated carbocycles. The molecule has 7 nitrogen and oxygen atoms in total. The van der Waals surface area contributed by atoms with Gasteiger partial charge >= 0.3 is 7.05 Å². The highest BCUT2D eigenvalue weighted by Gasteiger charge is 2.07. The molecule has 0 fully saturated rings. The van der Waals surface area contributed by atoms with Crippen molar-refractivity contribution < 1.29 is 24.1 Å². The number of unbranched alkanes of at least 4 members (excludes halogenated alkanes) is 8. The second-order valence-corrected chi connectivity index (χ2v) is 10.3. The summed E-state index contributed by atoms with van der Waals surface area (Å²) in [6, 6.07) is 17.2. The van der Waals surface area contributed by atoms with Gasteiger partial charge in [0.1, 0.15) is 5.78 Å². The predicted molar refractivity (Wildman–Crippen MR) is 166 cm³/mol. The average Bonchev–Trinajstić information content (AvgIpc) is 2.94. The zero-order valence-corrected chi connectivity index (χ0v) is 24.9. The van der Waals surface area contributed by atoms with Gasteiger partial charge in [-0.2, -0.15) is 0 Å². The highest BCUT2D eigenvalue weighted by Crippen LogP contribution is 2.13. The van der Waals surface area contributed by atoms with Crippen LogP contribution in [0.2, 0.25) is 6.82 Å². The smallest absolute Gasteiger partial charge is 0.373 e. The number of hydrogen-bond acceptors (Lipinski definition) is 7. The minimum Gasteiger partial charge on any atom is -0.468 e. The Bertz CT molecular complexity index is 946. The summed E-state index contributed by atoms with van der Waals surface area (Å²) in [7, 11) is -0.406. The number of carbonyl (C=O) groups excluding carboxylic acids is 3. The molecule has 0 aliphatic heterocycles. The Balaban J connectivity index is 0.000000486. The lowest BCUT2D eigenvalue weighted by molar-refractivity contribution is -0.128. The molecule has 0 atom stereocenters. The zero-order valence-electron chi connectivity index (χ0n) is 24.0. The maximum absolute atomic E-state index is 12.0. The lowest BCUT2D eigenvalue weighted by Crippen LogP contribution is -2.31. The molecular weight excluding hydrogens is 523 g/mol. The Hall–Kier alpha value is -2.62. The average molecular weight is 571 g/mol. The van der Waals surface area contributed by atoms with Crippen LogP contribution in [-0.4, -0.2) is 49.9 Å². The van der Waals surface area contributed by atoms with Crippen LogP contribution in [-0.2, 0) is 20.7 Å². The maximum atomic E-state index is 12.0. The van der Waals surface area contributed by atoms with Crippen molar-refractivity contribution in [3.63, 3.8) is 0 Å². The first kappa shape index (κ1) is 35.4. The van der Waals surface area contributed by atoms with E-state index in [0.29, 0.717) is 48.7 Å². The fourth-order valence-electron chi connectivity index (χ4n) is 4.05. The van der Waals surface area contributed by atoms with E-state index in [1.807, 2.05) is 48.5 Å². The fraction of sp³-hybridized carbons (Fsp3) is 0.516. The number of thiol groups is 1. The molecule has 2 aromatic carbocycles. The summed E-state index contributed by atoms with van der Waals surface area (Å²) in [5.74, 6) is 0.246. The Kier molecular flexibility index (Phi) is 21.4. The van der Waals surface area contributed by atoms with Crippen LogP contribution < -0.4 is 10.5 Å². The van der Waals surface area contributed by atoms with Crippen LogP contribution in [0.15, 0.2) is 59.5 Å². The van der Waals surface area contributed by atoms with Gasteiger partial charge in [-0.15, -0.1) is 12.6 Å². The molecule has 220 valence electrons. The molecule has 1 amide bonds. The molecule has 0 aromatic heterocycles. The number of amides is 1. The van der Waals surface area contributed by atoms with Crippen LogP contribution in [0.5, 0.6) is 0 Å². The first-order chi connectivity index (χ1) is 19.4. The van der Waals surface area contributed by atoms with Crippen molar-refractivity contribution in [3.05, 3.63) is 65.7 Å². The fourth-order valence-corrected chi connectivity index (χ4v) is 4.31. The highest BCUT2D eigenvalue weighted by molar-refractivity contribution is 7.80. The van der Waals surface area contributed by atoms with Crippen LogP contribution >= 0.6 is 12.6 Å². The predicted octanol–water partition coefficient (Wildman–Crippen LogP) is 5.67. The summed E-state index contributed by atoms with van der Waals surface area (Å²) in [5, 5.41) is 14.8. The van der Waals surface area contributed by atoms with E-state index in [1.165, 1.54) is 0 Å². The van der Waals surface area contributed by atoms with Crippen LogP contribution in [0, 0.1) is 0 Å². The number of rotatable bonds is 21. The lowest BCUT2D eigenvalue weighted by Gasteiger charge is -2.07. The third-order valence-corrected chi connectivity index (χ3v) is 6.65. The molecule has 0 radical (unpaired) electrons. The molecule has 9 heteroatoms. The molecule has 0 unspecified atom stereocenters. The zero-order chi connectivity index (χ0) is 29.3. The second kappa shape index (κ2) is 24.2. The summed E-state index contributed by atoms with van der Waals surface area (Å²) in [5.41, 5.74) is 1.71. The van der Waals surface area contributed by atoms with Gasteiger partial charge in [0.2, 0.25) is 0 Å². The van der Waals surface area contributed by atoms with Gasteiger partial charge in [-0.05, 0) is 56.7 Å². The first-order valence-corrected chi connectivity index (χ1v) is 15.0. The van der Waals surface area contributed by atoms with Crippen molar-refractivity contribution in [2.75, 3.05) is 19.7 Å². The van der Waals surface area contributed by atoms with Gasteiger partial charge in [-0.3, -0.25) is 14.4 Å². The molecule has 0 aliphatic rings. The van der Waals surface area contributed by atoms with E-state index in [1.54, 1.807) is 12.9 Å². The third kappa shape index (κ3) is 19.4. The summed E-state index contributed by atoms with van der Waals surface area (Å²) in [6.07, 6.45) is 11.8. The van der Waals surface area contributed by atoms with Crippen molar-refractivity contribution in [1.29, 1.82) is 0 Å². The van der Waals surface area contributed by atoms with Crippen LogP contribution in [0.3, 0.4) is 0 Å². The standard InChI is InChI=1S/C22H27NO2S.C9H20BNO3/c24-19(17-18-11-5-4-6-12-18)13-7-2-1-3-10-16-23-22(25)20-14-8-9-15-21(20)26;1-10(13)11-7-5-3-2-4-6-8-14-9-12/h4-6,8-9,11-12,14-15,26H,1-3,7,10,13,16-17H2,(H,23,25);9,11,13H,2-8H2,1H3. The molecule has 2 aromatic rings. The SMILES string of the molecule is CB(O)NCCCCCCCOC=O.O=C(CCCCCCCNC(=O)c1ccccc1S)Cc1ccccc1. The molecular formula is C31H47BN2O5S. The lowest BCUT2D eigenvalue weighted by atomic mass is 9.89. The Labute approximate surface area is 246 Å². The van der Waals surface area contributed by atoms with Gasteiger partial charge in [0.15, 0.2) is 0 Å². The normalized spacial score (nSPS) is 10.3. The second-order valence-electron chi connectivity index (χ2n) is 9.86. The number of hydrogen-bond donors (Lipinski definition) is 4. The number of benzene rings is 2. The Morgan fingerprint density at radius 2 is 1.45 bits per heavy atom. The van der Waals surface area contributed by atoms with Gasteiger partial charge in [0, 0.05) is 24.3 Å². The van der Waals surface area contributed by atoms with Crippen molar-refractivity contribution in [2.45, 2.75) is 88.8 Å². The molecule has 3 N–H and O–H groups in total. The Morgan fingerprint density at radius 1 is 0.850 bits per heavy atom. The third-order valence-electron chi connectivity index (χ3n) is 6.26. The summed E-state index contributed by atoms with van der Waals surface area (Å²) in [4.78, 5) is 34.4. The minimum atomic E-state index is -0.406. The van der Waals surface area contributed by atoms with Crippen LogP contribution in [0.25, 0.3) is 0 Å². The highest BCUT2D eigenvalue weighted by atomic mass is 32.1. The molecule has 0 saturated heterocycles. The molecule has 40 heavy (non-hydrogen) atoms. The van der Waals surface area contributed by atoms with E-state index in [4.69, 9.17) is 5.02 Å². The largest absolute Gasteiger partial charge is 0.468 e. The van der Waals surface area contributed by atoms with Crippen molar-refractivity contribution >= 4 is 37.8 Å². The van der Waals surface area contributed by atoms with Crippen LogP contribution in [0.1, 0.15) is 86.6 Å². The van der Waals surface area contributed by atoms with E-state index in [2.05, 4.69) is 27.9 Å². The maximum Gasteiger partial charge on any atom is 0.373 e. The molecule has 0 spiro atoms. The van der Waals surface area contributed by atoms with Crippen molar-refractivity contribution in [1.82, 2.24) is 10.5 Å². The minimum absolute atomic E-state index is 0.0675. The van der Waals surface area contributed by atoms with Gasteiger partial charge in [0.25, 0.3) is 12.4 Å². The molecule has 2 rings (SSSR count). The number of nitrogens with one attached hydrogen (secondary N) is 2. The van der Waals surface area contributed by atoms with E-state index in [9.17, 15) is 14.4 Å². The van der Waals surface area contributed by atoms with Crippen molar-refractivity contribution in [2.24, 2.45) is 0 Å². The number of ketones is 1. The number of Topliss-reactive ketones (excluding diaryl/α,β-unsaturated/α-hetero) is 1. The van der Waals surface area contributed by atoms with Gasteiger partial charge < -0.3 is 20.3 Å². The van der Waals surface area contributed by atoms with E-state index < -0.39 is 7.05 Å². The summed E-state index contributed by atoms with van der Waals surface area (Å²) in [6.45, 7) is 4.29. The van der Waals surface area contributed by atoms with E-state index in [0.717, 1.165) is 76.3 Å². The quantitative estimate of drug-likeness (QED) is 0.0668. The summed E-state index contributed by atoms with van der Waals surface area (Å²) >= 11 is 4.30. The number of ether oxygens (including phenoxy) is 1. The molecule has 0 bridgehead atoms. The number of carbonyl (C=O) groups is 3. The van der Waals surface area contributed by atoms with Crippen molar-refractivity contribution in [3.8, 4) is 0 Å². The summed E-state index contributed by atoms with van der Waals surface area (Å²) < 4.78 is 4.57. The van der Waals surface area contributed by atoms with Gasteiger partial charge in [-0.25, -0.2) is 0 Å². The topological polar surface area (TPSA) is 105 Å². The van der Waals surface area contributed by atoms with Crippen LogP contribution in [0.4, 0.5) is 0 Å². The van der Waals surface area contributed by atoms with E-state index >= 15 is 0 Å². The molecule has 0 heterocycles. The van der Waals surface area contributed by atoms with Gasteiger partial charge in [-0.1, -0.05) is 81.0 Å². The van der Waals surface area contributed by atoms with Gasteiger partial charge in [0.05, 0.1) is 12.2 Å². The Morgan fingerprint density at radius 3 is 2.12 bits per heavy atom.